The molecule has 0 aliphatic carbocycles. The van der Waals surface area contributed by atoms with Gasteiger partial charge in [-0.05, 0) is 6.92 Å². The Labute approximate surface area is 70.1 Å². The molecule has 3 atom stereocenters. The third-order valence-electron chi connectivity index (χ3n) is 1.66. The smallest absolute Gasteiger partial charge is 0.235 e. The van der Waals surface area contributed by atoms with Gasteiger partial charge in [-0.2, -0.15) is 0 Å². The molecule has 0 saturated carbocycles. The summed E-state index contributed by atoms with van der Waals surface area (Å²) in [5.41, 5.74) is 0. The number of carbonyl (C=O) groups is 1. The minimum Gasteiger partial charge on any atom is -0.275 e. The molecule has 0 aromatic rings. The SMILES string of the molecule is CC.C[C@@H]1C(=O)NS(=O)[C@@H]1C. The predicted molar refractivity (Wildman–Crippen MR) is 46.3 cm³/mol. The van der Waals surface area contributed by atoms with Crippen LogP contribution in [0.1, 0.15) is 27.7 Å². The van der Waals surface area contributed by atoms with E-state index in [0.29, 0.717) is 0 Å². The number of carbonyl (C=O) groups excluding carboxylic acids is 1. The Bertz CT molecular complexity index is 152. The van der Waals surface area contributed by atoms with Crippen LogP contribution in [0.3, 0.4) is 0 Å². The van der Waals surface area contributed by atoms with Crippen molar-refractivity contribution in [3.63, 3.8) is 0 Å². The second kappa shape index (κ2) is 4.49. The van der Waals surface area contributed by atoms with Crippen LogP contribution < -0.4 is 4.72 Å². The maximum Gasteiger partial charge on any atom is 0.235 e. The van der Waals surface area contributed by atoms with E-state index in [2.05, 4.69) is 4.72 Å². The van der Waals surface area contributed by atoms with Gasteiger partial charge in [0.05, 0.1) is 11.2 Å². The molecular formula is C7H15NO2S. The molecule has 0 bridgehead atoms. The number of rotatable bonds is 0. The molecule has 1 N–H and O–H groups in total. The lowest BCUT2D eigenvalue weighted by Gasteiger charge is -1.99. The molecule has 1 aliphatic rings. The van der Waals surface area contributed by atoms with Gasteiger partial charge in [-0.1, -0.05) is 20.8 Å². The highest BCUT2D eigenvalue weighted by atomic mass is 32.2. The van der Waals surface area contributed by atoms with Gasteiger partial charge in [-0.3, -0.25) is 9.52 Å². The summed E-state index contributed by atoms with van der Waals surface area (Å²) in [5.74, 6) is -0.188. The van der Waals surface area contributed by atoms with E-state index in [0.717, 1.165) is 0 Å². The molecule has 0 aromatic carbocycles. The van der Waals surface area contributed by atoms with Crippen molar-refractivity contribution in [2.75, 3.05) is 0 Å². The number of amides is 1. The van der Waals surface area contributed by atoms with E-state index in [4.69, 9.17) is 0 Å². The van der Waals surface area contributed by atoms with Crippen LogP contribution in [0.4, 0.5) is 0 Å². The van der Waals surface area contributed by atoms with Crippen molar-refractivity contribution in [2.24, 2.45) is 5.92 Å². The molecule has 0 radical (unpaired) electrons. The molecule has 1 amide bonds. The fourth-order valence-corrected chi connectivity index (χ4v) is 1.75. The highest BCUT2D eigenvalue weighted by Crippen LogP contribution is 2.14. The van der Waals surface area contributed by atoms with Crippen LogP contribution in [0, 0.1) is 5.92 Å². The maximum absolute atomic E-state index is 10.8. The van der Waals surface area contributed by atoms with Gasteiger partial charge in [0.25, 0.3) is 0 Å². The van der Waals surface area contributed by atoms with Gasteiger partial charge in [0.1, 0.15) is 11.0 Å². The van der Waals surface area contributed by atoms with Crippen molar-refractivity contribution >= 4 is 16.9 Å². The van der Waals surface area contributed by atoms with Crippen molar-refractivity contribution in [2.45, 2.75) is 32.9 Å². The van der Waals surface area contributed by atoms with E-state index in [-0.39, 0.29) is 17.1 Å². The summed E-state index contributed by atoms with van der Waals surface area (Å²) in [6.45, 7) is 7.59. The van der Waals surface area contributed by atoms with E-state index in [1.807, 2.05) is 13.8 Å². The van der Waals surface area contributed by atoms with Crippen molar-refractivity contribution in [1.82, 2.24) is 4.72 Å². The fraction of sp³-hybridized carbons (Fsp3) is 0.857. The molecule has 3 nitrogen and oxygen atoms in total. The Balaban J connectivity index is 0.000000461. The van der Waals surface area contributed by atoms with Gasteiger partial charge < -0.3 is 0 Å². The zero-order valence-corrected chi connectivity index (χ0v) is 8.20. The highest BCUT2D eigenvalue weighted by molar-refractivity contribution is 7.84. The first-order valence-electron chi connectivity index (χ1n) is 3.84. The lowest BCUT2D eigenvalue weighted by molar-refractivity contribution is -0.121. The summed E-state index contributed by atoms with van der Waals surface area (Å²) in [6, 6.07) is 0. The summed E-state index contributed by atoms with van der Waals surface area (Å²) in [7, 11) is -1.13. The van der Waals surface area contributed by atoms with Crippen molar-refractivity contribution in [1.29, 1.82) is 0 Å². The van der Waals surface area contributed by atoms with Crippen LogP contribution in [0.5, 0.6) is 0 Å². The topological polar surface area (TPSA) is 46.2 Å². The Morgan fingerprint density at radius 3 is 1.91 bits per heavy atom. The zero-order chi connectivity index (χ0) is 9.02. The van der Waals surface area contributed by atoms with Gasteiger partial charge in [-0.25, -0.2) is 4.21 Å². The van der Waals surface area contributed by atoms with Gasteiger partial charge >= 0.3 is 0 Å². The molecule has 1 rings (SSSR count). The average Bonchev–Trinajstić information content (AvgIpc) is 2.22. The third kappa shape index (κ3) is 2.29. The molecular weight excluding hydrogens is 162 g/mol. The van der Waals surface area contributed by atoms with Gasteiger partial charge in [0.15, 0.2) is 0 Å². The predicted octanol–water partition coefficient (Wildman–Crippen LogP) is 0.831. The quantitative estimate of drug-likeness (QED) is 0.595. The molecule has 1 heterocycles. The molecule has 4 heteroatoms. The molecule has 0 spiro atoms. The zero-order valence-electron chi connectivity index (χ0n) is 7.38. The summed E-state index contributed by atoms with van der Waals surface area (Å²) in [6.07, 6.45) is 0. The molecule has 0 aromatic heterocycles. The lowest BCUT2D eigenvalue weighted by atomic mass is 10.1. The van der Waals surface area contributed by atoms with Crippen LogP contribution in [-0.4, -0.2) is 15.4 Å². The first-order chi connectivity index (χ1) is 5.13. The van der Waals surface area contributed by atoms with Crippen molar-refractivity contribution in [3.05, 3.63) is 0 Å². The first kappa shape index (κ1) is 10.6. The maximum atomic E-state index is 10.8. The second-order valence-corrected chi connectivity index (χ2v) is 3.80. The lowest BCUT2D eigenvalue weighted by Crippen LogP contribution is -2.17. The van der Waals surface area contributed by atoms with Crippen LogP contribution in [0.15, 0.2) is 0 Å². The van der Waals surface area contributed by atoms with Crippen molar-refractivity contribution < 1.29 is 9.00 Å². The minimum absolute atomic E-state index is 0.0301. The number of hydrogen-bond donors (Lipinski definition) is 1. The Morgan fingerprint density at radius 1 is 1.36 bits per heavy atom. The standard InChI is InChI=1S/C5H9NO2S.C2H6/c1-3-4(2)9(8)6-5(3)7;1-2/h3-4H,1-2H3,(H,6,7);1-2H3/t3-,4+,9?;/m0./s1. The van der Waals surface area contributed by atoms with Gasteiger partial charge in [0.2, 0.25) is 5.91 Å². The fourth-order valence-electron chi connectivity index (χ4n) is 0.684. The Kier molecular flexibility index (Phi) is 4.33. The Morgan fingerprint density at radius 2 is 1.82 bits per heavy atom. The summed E-state index contributed by atoms with van der Waals surface area (Å²) >= 11 is 0. The number of hydrogen-bond acceptors (Lipinski definition) is 2. The van der Waals surface area contributed by atoms with Crippen molar-refractivity contribution in [3.8, 4) is 0 Å². The summed E-state index contributed by atoms with van der Waals surface area (Å²) < 4.78 is 13.1. The van der Waals surface area contributed by atoms with Crippen LogP contribution >= 0.6 is 0 Å². The molecule has 66 valence electrons. The molecule has 1 unspecified atom stereocenters. The van der Waals surface area contributed by atoms with Gasteiger partial charge in [-0.15, -0.1) is 0 Å². The second-order valence-electron chi connectivity index (χ2n) is 2.26. The van der Waals surface area contributed by atoms with Crippen LogP contribution in [0.25, 0.3) is 0 Å². The van der Waals surface area contributed by atoms with E-state index in [9.17, 15) is 9.00 Å². The molecule has 1 fully saturated rings. The number of nitrogens with one attached hydrogen (secondary N) is 1. The third-order valence-corrected chi connectivity index (χ3v) is 3.14. The molecule has 1 saturated heterocycles. The Hall–Kier alpha value is -0.380. The normalized spacial score (nSPS) is 35.6. The van der Waals surface area contributed by atoms with E-state index in [1.165, 1.54) is 0 Å². The van der Waals surface area contributed by atoms with Crippen LogP contribution in [0.2, 0.25) is 0 Å². The minimum atomic E-state index is -1.13. The highest BCUT2D eigenvalue weighted by Gasteiger charge is 2.33. The van der Waals surface area contributed by atoms with Crippen LogP contribution in [-0.2, 0) is 15.8 Å². The average molecular weight is 177 g/mol. The summed E-state index contributed by atoms with van der Waals surface area (Å²) in [5, 5.41) is -0.0301. The first-order valence-corrected chi connectivity index (χ1v) is 5.05. The van der Waals surface area contributed by atoms with E-state index < -0.39 is 11.0 Å². The van der Waals surface area contributed by atoms with Gasteiger partial charge in [0, 0.05) is 0 Å². The largest absolute Gasteiger partial charge is 0.275 e. The molecule has 11 heavy (non-hydrogen) atoms. The monoisotopic (exact) mass is 177 g/mol. The summed E-state index contributed by atoms with van der Waals surface area (Å²) in [4.78, 5) is 10.7. The van der Waals surface area contributed by atoms with E-state index in [1.54, 1.807) is 13.8 Å². The van der Waals surface area contributed by atoms with E-state index >= 15 is 0 Å². The molecule has 1 aliphatic heterocycles.